The molecule has 19 heavy (non-hydrogen) atoms. The van der Waals surface area contributed by atoms with Crippen molar-refractivity contribution in [3.8, 4) is 0 Å². The fraction of sp³-hybridized carbons (Fsp3) is 0.733. The van der Waals surface area contributed by atoms with Crippen molar-refractivity contribution < 1.29 is 5.11 Å². The molecule has 2 heterocycles. The first kappa shape index (κ1) is 12.9. The third-order valence-corrected chi connectivity index (χ3v) is 4.76. The summed E-state index contributed by atoms with van der Waals surface area (Å²) in [6.07, 6.45) is 5.17. The van der Waals surface area contributed by atoms with E-state index < -0.39 is 5.60 Å². The average Bonchev–Trinajstić information content (AvgIpc) is 3.19. The Hall–Kier alpha value is -1.16. The van der Waals surface area contributed by atoms with Gasteiger partial charge in [-0.15, -0.1) is 0 Å². The van der Waals surface area contributed by atoms with Gasteiger partial charge in [-0.1, -0.05) is 13.8 Å². The number of hydrogen-bond acceptors (Lipinski definition) is 4. The van der Waals surface area contributed by atoms with Crippen molar-refractivity contribution >= 4 is 5.95 Å². The number of aromatic nitrogens is 2. The second-order valence-corrected chi connectivity index (χ2v) is 6.20. The van der Waals surface area contributed by atoms with Gasteiger partial charge < -0.3 is 10.0 Å². The summed E-state index contributed by atoms with van der Waals surface area (Å²) in [5, 5.41) is 10.8. The fourth-order valence-electron chi connectivity index (χ4n) is 3.26. The zero-order chi connectivity index (χ0) is 13.6. The lowest BCUT2D eigenvalue weighted by Gasteiger charge is -2.26. The number of nitrogens with zero attached hydrogens (tertiary/aromatic N) is 3. The Bertz CT molecular complexity index is 486. The lowest BCUT2D eigenvalue weighted by Crippen LogP contribution is -2.39. The summed E-state index contributed by atoms with van der Waals surface area (Å²) in [5.74, 6) is 1.57. The molecule has 2 fully saturated rings. The quantitative estimate of drug-likeness (QED) is 0.903. The highest BCUT2D eigenvalue weighted by Gasteiger charge is 2.52. The predicted molar refractivity (Wildman–Crippen MR) is 75.2 cm³/mol. The molecule has 1 saturated carbocycles. The molecule has 1 aliphatic carbocycles. The largest absolute Gasteiger partial charge is 0.387 e. The van der Waals surface area contributed by atoms with Crippen LogP contribution in [0.25, 0.3) is 0 Å². The number of hydrogen-bond donors (Lipinski definition) is 1. The molecule has 1 aromatic rings. The van der Waals surface area contributed by atoms with Crippen LogP contribution in [-0.4, -0.2) is 33.8 Å². The van der Waals surface area contributed by atoms with E-state index in [1.165, 1.54) is 12.8 Å². The molecule has 0 unspecified atom stereocenters. The second kappa shape index (κ2) is 4.44. The van der Waals surface area contributed by atoms with E-state index in [-0.39, 0.29) is 0 Å². The van der Waals surface area contributed by atoms with Gasteiger partial charge in [-0.05, 0) is 37.7 Å². The summed E-state index contributed by atoms with van der Waals surface area (Å²) in [4.78, 5) is 11.3. The van der Waals surface area contributed by atoms with Crippen molar-refractivity contribution in [2.75, 3.05) is 18.0 Å². The number of β-amino-alcohol motifs (C(OH)–C–C–N with tert-alkyl or cyclic N) is 1. The average molecular weight is 261 g/mol. The maximum absolute atomic E-state index is 10.8. The van der Waals surface area contributed by atoms with Crippen LogP contribution in [0.5, 0.6) is 0 Å². The molecular formula is C15H23N3O. The zero-order valence-corrected chi connectivity index (χ0v) is 12.1. The van der Waals surface area contributed by atoms with E-state index in [9.17, 15) is 5.11 Å². The molecule has 1 aromatic heterocycles. The van der Waals surface area contributed by atoms with E-state index in [1.807, 2.05) is 6.20 Å². The van der Waals surface area contributed by atoms with Gasteiger partial charge in [0.2, 0.25) is 5.95 Å². The van der Waals surface area contributed by atoms with Crippen LogP contribution >= 0.6 is 0 Å². The summed E-state index contributed by atoms with van der Waals surface area (Å²) < 4.78 is 0. The number of aliphatic hydroxyl groups is 1. The smallest absolute Gasteiger partial charge is 0.225 e. The van der Waals surface area contributed by atoms with Crippen molar-refractivity contribution in [3.63, 3.8) is 0 Å². The van der Waals surface area contributed by atoms with Crippen LogP contribution in [0.3, 0.4) is 0 Å². The molecule has 1 saturated heterocycles. The molecule has 0 amide bonds. The normalized spacial score (nSPS) is 30.9. The number of anilines is 1. The lowest BCUT2D eigenvalue weighted by molar-refractivity contribution is 0.00279. The summed E-state index contributed by atoms with van der Waals surface area (Å²) in [7, 11) is 0. The van der Waals surface area contributed by atoms with E-state index in [0.717, 1.165) is 30.2 Å². The van der Waals surface area contributed by atoms with Gasteiger partial charge in [0.25, 0.3) is 0 Å². The van der Waals surface area contributed by atoms with E-state index >= 15 is 0 Å². The number of aryl methyl sites for hydroxylation is 2. The van der Waals surface area contributed by atoms with Gasteiger partial charge in [0.15, 0.2) is 0 Å². The predicted octanol–water partition coefficient (Wildman–Crippen LogP) is 1.94. The molecule has 2 atom stereocenters. The maximum Gasteiger partial charge on any atom is 0.225 e. The van der Waals surface area contributed by atoms with E-state index in [0.29, 0.717) is 18.4 Å². The monoisotopic (exact) mass is 261 g/mol. The highest BCUT2D eigenvalue weighted by atomic mass is 16.3. The van der Waals surface area contributed by atoms with Crippen LogP contribution in [0.2, 0.25) is 0 Å². The Morgan fingerprint density at radius 3 is 2.84 bits per heavy atom. The Morgan fingerprint density at radius 2 is 2.21 bits per heavy atom. The summed E-state index contributed by atoms with van der Waals surface area (Å²) in [6, 6.07) is 0. The Kier molecular flexibility index (Phi) is 3.01. The summed E-state index contributed by atoms with van der Waals surface area (Å²) >= 11 is 0. The molecule has 0 aromatic carbocycles. The van der Waals surface area contributed by atoms with E-state index in [2.05, 4.69) is 35.6 Å². The first-order valence-electron chi connectivity index (χ1n) is 7.34. The van der Waals surface area contributed by atoms with Gasteiger partial charge in [0.1, 0.15) is 0 Å². The maximum atomic E-state index is 10.8. The minimum atomic E-state index is -0.527. The fourth-order valence-corrected chi connectivity index (χ4v) is 3.26. The van der Waals surface area contributed by atoms with Crippen molar-refractivity contribution in [2.24, 2.45) is 11.8 Å². The van der Waals surface area contributed by atoms with Gasteiger partial charge in [-0.3, -0.25) is 0 Å². The molecule has 0 spiro atoms. The van der Waals surface area contributed by atoms with Gasteiger partial charge in [-0.2, -0.15) is 0 Å². The van der Waals surface area contributed by atoms with Crippen LogP contribution < -0.4 is 4.90 Å². The third kappa shape index (κ3) is 2.12. The topological polar surface area (TPSA) is 49.2 Å². The van der Waals surface area contributed by atoms with Gasteiger partial charge in [0, 0.05) is 24.4 Å². The van der Waals surface area contributed by atoms with Crippen molar-refractivity contribution in [1.29, 1.82) is 0 Å². The van der Waals surface area contributed by atoms with Gasteiger partial charge in [0.05, 0.1) is 12.1 Å². The van der Waals surface area contributed by atoms with Crippen LogP contribution in [0.15, 0.2) is 6.20 Å². The van der Waals surface area contributed by atoms with Crippen molar-refractivity contribution in [1.82, 2.24) is 9.97 Å². The SMILES string of the molecule is CCc1nc(N2C[C@@H](C)[C@](O)(C3CC3)C2)ncc1C. The molecule has 104 valence electrons. The minimum absolute atomic E-state index is 0.301. The van der Waals surface area contributed by atoms with Crippen molar-refractivity contribution in [3.05, 3.63) is 17.5 Å². The Morgan fingerprint density at radius 1 is 1.47 bits per heavy atom. The van der Waals surface area contributed by atoms with Gasteiger partial charge >= 0.3 is 0 Å². The first-order chi connectivity index (χ1) is 9.04. The van der Waals surface area contributed by atoms with Crippen LogP contribution in [0.1, 0.15) is 37.9 Å². The molecule has 3 rings (SSSR count). The van der Waals surface area contributed by atoms with Crippen LogP contribution in [-0.2, 0) is 6.42 Å². The van der Waals surface area contributed by atoms with Crippen molar-refractivity contribution in [2.45, 2.75) is 45.6 Å². The molecule has 2 aliphatic rings. The first-order valence-corrected chi connectivity index (χ1v) is 7.34. The highest BCUT2D eigenvalue weighted by Crippen LogP contribution is 2.47. The van der Waals surface area contributed by atoms with Crippen LogP contribution in [0.4, 0.5) is 5.95 Å². The zero-order valence-electron chi connectivity index (χ0n) is 12.1. The molecule has 1 aliphatic heterocycles. The Labute approximate surface area is 114 Å². The van der Waals surface area contributed by atoms with E-state index in [4.69, 9.17) is 0 Å². The minimum Gasteiger partial charge on any atom is -0.387 e. The highest BCUT2D eigenvalue weighted by molar-refractivity contribution is 5.37. The molecule has 4 nitrogen and oxygen atoms in total. The molecule has 1 N–H and O–H groups in total. The standard InChI is InChI=1S/C15H23N3O/c1-4-13-10(2)7-16-14(17-13)18-8-11(3)15(19,9-18)12-5-6-12/h7,11-12,19H,4-6,8-9H2,1-3H3/t11-,15+/m1/s1. The number of rotatable bonds is 3. The molecule has 0 bridgehead atoms. The third-order valence-electron chi connectivity index (χ3n) is 4.76. The molecule has 0 radical (unpaired) electrons. The van der Waals surface area contributed by atoms with E-state index in [1.54, 1.807) is 0 Å². The second-order valence-electron chi connectivity index (χ2n) is 6.20. The molecular weight excluding hydrogens is 238 g/mol. The van der Waals surface area contributed by atoms with Crippen LogP contribution in [0, 0.1) is 18.8 Å². The van der Waals surface area contributed by atoms with Gasteiger partial charge in [-0.25, -0.2) is 9.97 Å². The Balaban J connectivity index is 1.84. The summed E-state index contributed by atoms with van der Waals surface area (Å²) in [5.41, 5.74) is 1.73. The lowest BCUT2D eigenvalue weighted by atomic mass is 9.88. The summed E-state index contributed by atoms with van der Waals surface area (Å²) in [6.45, 7) is 7.86. The molecule has 4 heteroatoms.